The van der Waals surface area contributed by atoms with Crippen molar-refractivity contribution >= 4 is 40.9 Å². The summed E-state index contributed by atoms with van der Waals surface area (Å²) < 4.78 is 0. The highest BCUT2D eigenvalue weighted by Gasteiger charge is 2.12. The van der Waals surface area contributed by atoms with E-state index in [0.29, 0.717) is 16.8 Å². The lowest BCUT2D eigenvalue weighted by atomic mass is 10.3. The van der Waals surface area contributed by atoms with Crippen LogP contribution in [0.1, 0.15) is 23.8 Å². The van der Waals surface area contributed by atoms with Crippen LogP contribution in [0.15, 0.2) is 12.1 Å². The summed E-state index contributed by atoms with van der Waals surface area (Å²) in [6.45, 7) is 2.72. The number of aromatic nitrogens is 1. The summed E-state index contributed by atoms with van der Waals surface area (Å²) >= 11 is 13.4. The van der Waals surface area contributed by atoms with Gasteiger partial charge in [0, 0.05) is 11.8 Å². The predicted molar refractivity (Wildman–Crippen MR) is 74.2 cm³/mol. The highest BCUT2D eigenvalue weighted by Crippen LogP contribution is 2.16. The third kappa shape index (κ3) is 4.74. The van der Waals surface area contributed by atoms with Crippen LogP contribution in [-0.2, 0) is 0 Å². The van der Waals surface area contributed by atoms with Crippen LogP contribution in [0.25, 0.3) is 0 Å². The Balaban J connectivity index is 2.55. The van der Waals surface area contributed by atoms with Crippen LogP contribution in [-0.4, -0.2) is 28.9 Å². The number of hydrogen-bond donors (Lipinski definition) is 1. The van der Waals surface area contributed by atoms with E-state index in [1.807, 2.05) is 6.26 Å². The van der Waals surface area contributed by atoms with Crippen molar-refractivity contribution in [3.63, 3.8) is 0 Å². The number of amides is 1. The Morgan fingerprint density at radius 1 is 1.53 bits per heavy atom. The number of carbonyl (C=O) groups excluding carboxylic acids is 1. The van der Waals surface area contributed by atoms with E-state index in [0.717, 1.165) is 6.42 Å². The lowest BCUT2D eigenvalue weighted by Crippen LogP contribution is -2.27. The fourth-order valence-corrected chi connectivity index (χ4v) is 1.86. The minimum atomic E-state index is -0.286. The van der Waals surface area contributed by atoms with Gasteiger partial charge in [0.1, 0.15) is 10.8 Å². The van der Waals surface area contributed by atoms with Crippen molar-refractivity contribution in [2.24, 2.45) is 0 Å². The predicted octanol–water partition coefficient (Wildman–Crippen LogP) is 3.26. The first-order valence-electron chi connectivity index (χ1n) is 5.17. The number of nitrogens with zero attached hydrogens (tertiary/aromatic N) is 1. The van der Waals surface area contributed by atoms with Gasteiger partial charge in [-0.15, -0.1) is 0 Å². The molecule has 0 aliphatic heterocycles. The Morgan fingerprint density at radius 3 is 2.88 bits per heavy atom. The first-order chi connectivity index (χ1) is 8.04. The number of nitrogens with one attached hydrogen (secondary N) is 1. The van der Waals surface area contributed by atoms with Crippen LogP contribution in [0.3, 0.4) is 0 Å². The molecule has 1 rings (SSSR count). The van der Waals surface area contributed by atoms with Crippen molar-refractivity contribution in [3.8, 4) is 0 Å². The smallest absolute Gasteiger partial charge is 0.271 e. The first-order valence-corrected chi connectivity index (χ1v) is 7.22. The van der Waals surface area contributed by atoms with E-state index in [1.165, 1.54) is 0 Å². The van der Waals surface area contributed by atoms with Crippen molar-refractivity contribution in [1.82, 2.24) is 10.3 Å². The Bertz CT molecular complexity index is 401. The maximum absolute atomic E-state index is 11.8. The van der Waals surface area contributed by atoms with Gasteiger partial charge in [0.15, 0.2) is 0 Å². The number of hydrogen-bond acceptors (Lipinski definition) is 3. The molecule has 0 fully saturated rings. The average molecular weight is 293 g/mol. The summed E-state index contributed by atoms with van der Waals surface area (Å²) in [5, 5.41) is 3.86. The molecular formula is C11H14Cl2N2OS. The van der Waals surface area contributed by atoms with Crippen molar-refractivity contribution in [3.05, 3.63) is 28.0 Å². The molecule has 1 N–H and O–H groups in total. The molecule has 1 aromatic rings. The minimum absolute atomic E-state index is 0.177. The highest BCUT2D eigenvalue weighted by atomic mass is 35.5. The van der Waals surface area contributed by atoms with Gasteiger partial charge in [-0.05, 0) is 24.8 Å². The fourth-order valence-electron chi connectivity index (χ4n) is 1.17. The van der Waals surface area contributed by atoms with Gasteiger partial charge >= 0.3 is 0 Å². The molecule has 0 radical (unpaired) electrons. The Labute approximate surface area is 115 Å². The molecule has 0 spiro atoms. The molecule has 0 saturated carbocycles. The third-order valence-corrected chi connectivity index (χ3v) is 3.82. The van der Waals surface area contributed by atoms with Gasteiger partial charge in [-0.2, -0.15) is 11.8 Å². The molecule has 1 unspecified atom stereocenters. The van der Waals surface area contributed by atoms with Crippen LogP contribution in [0.4, 0.5) is 0 Å². The normalized spacial score (nSPS) is 12.2. The number of halogens is 2. The molecule has 3 nitrogen and oxygen atoms in total. The number of rotatable bonds is 5. The molecule has 0 aliphatic rings. The van der Waals surface area contributed by atoms with Crippen LogP contribution in [0, 0.1) is 0 Å². The van der Waals surface area contributed by atoms with Gasteiger partial charge in [0.25, 0.3) is 5.91 Å². The Kier molecular flexibility index (Phi) is 6.09. The van der Waals surface area contributed by atoms with Crippen molar-refractivity contribution in [1.29, 1.82) is 0 Å². The second-order valence-corrected chi connectivity index (χ2v) is 5.63. The van der Waals surface area contributed by atoms with Crippen molar-refractivity contribution < 1.29 is 4.79 Å². The SMILES string of the molecule is CSC(C)CCNC(=O)c1nc(Cl)ccc1Cl. The van der Waals surface area contributed by atoms with Gasteiger partial charge in [-0.1, -0.05) is 30.1 Å². The third-order valence-electron chi connectivity index (χ3n) is 2.27. The molecule has 1 amide bonds. The summed E-state index contributed by atoms with van der Waals surface area (Å²) in [5.41, 5.74) is 0.177. The number of carbonyl (C=O) groups is 1. The molecule has 0 bridgehead atoms. The minimum Gasteiger partial charge on any atom is -0.351 e. The lowest BCUT2D eigenvalue weighted by Gasteiger charge is -2.09. The molecule has 0 aliphatic carbocycles. The zero-order chi connectivity index (χ0) is 12.8. The van der Waals surface area contributed by atoms with E-state index >= 15 is 0 Å². The number of thioether (sulfide) groups is 1. The maximum Gasteiger partial charge on any atom is 0.271 e. The van der Waals surface area contributed by atoms with E-state index in [4.69, 9.17) is 23.2 Å². The molecule has 1 atom stereocenters. The average Bonchev–Trinajstić information content (AvgIpc) is 2.31. The van der Waals surface area contributed by atoms with E-state index in [2.05, 4.69) is 17.2 Å². The van der Waals surface area contributed by atoms with Gasteiger partial charge in [-0.25, -0.2) is 4.98 Å². The zero-order valence-corrected chi connectivity index (χ0v) is 12.0. The van der Waals surface area contributed by atoms with E-state index < -0.39 is 0 Å². The molecule has 1 heterocycles. The lowest BCUT2D eigenvalue weighted by molar-refractivity contribution is 0.0948. The fraction of sp³-hybridized carbons (Fsp3) is 0.455. The van der Waals surface area contributed by atoms with E-state index in [9.17, 15) is 4.79 Å². The topological polar surface area (TPSA) is 42.0 Å². The first kappa shape index (κ1) is 14.6. The standard InChI is InChI=1S/C11H14Cl2N2OS/c1-7(17-2)5-6-14-11(16)10-8(12)3-4-9(13)15-10/h3-4,7H,5-6H2,1-2H3,(H,14,16). The summed E-state index contributed by atoms with van der Waals surface area (Å²) in [6.07, 6.45) is 2.95. The largest absolute Gasteiger partial charge is 0.351 e. The molecule has 0 saturated heterocycles. The number of pyridine rings is 1. The molecule has 17 heavy (non-hydrogen) atoms. The van der Waals surface area contributed by atoms with Crippen molar-refractivity contribution in [2.45, 2.75) is 18.6 Å². The molecule has 1 aromatic heterocycles. The van der Waals surface area contributed by atoms with Gasteiger partial charge in [-0.3, -0.25) is 4.79 Å². The van der Waals surface area contributed by atoms with Crippen LogP contribution >= 0.6 is 35.0 Å². The second-order valence-electron chi connectivity index (χ2n) is 3.56. The van der Waals surface area contributed by atoms with Crippen molar-refractivity contribution in [2.75, 3.05) is 12.8 Å². The van der Waals surface area contributed by atoms with Crippen LogP contribution in [0.5, 0.6) is 0 Å². The quantitative estimate of drug-likeness (QED) is 0.847. The van der Waals surface area contributed by atoms with Crippen LogP contribution < -0.4 is 5.32 Å². The van der Waals surface area contributed by atoms with E-state index in [1.54, 1.807) is 23.9 Å². The molecule has 94 valence electrons. The van der Waals surface area contributed by atoms with E-state index in [-0.39, 0.29) is 16.8 Å². The Morgan fingerprint density at radius 2 is 2.24 bits per heavy atom. The van der Waals surface area contributed by atoms with Crippen LogP contribution in [0.2, 0.25) is 10.2 Å². The Hall–Kier alpha value is -0.450. The second kappa shape index (κ2) is 7.09. The maximum atomic E-state index is 11.8. The van der Waals surface area contributed by atoms with Gasteiger partial charge in [0.2, 0.25) is 0 Å². The molecule has 0 aromatic carbocycles. The summed E-state index contributed by atoms with van der Waals surface area (Å²) in [7, 11) is 0. The van der Waals surface area contributed by atoms with Gasteiger partial charge < -0.3 is 5.32 Å². The summed E-state index contributed by atoms with van der Waals surface area (Å²) in [5.74, 6) is -0.286. The highest BCUT2D eigenvalue weighted by molar-refractivity contribution is 7.99. The van der Waals surface area contributed by atoms with Gasteiger partial charge in [0.05, 0.1) is 5.02 Å². The molecular weight excluding hydrogens is 279 g/mol. The molecule has 6 heteroatoms. The summed E-state index contributed by atoms with van der Waals surface area (Å²) in [6, 6.07) is 3.12. The zero-order valence-electron chi connectivity index (χ0n) is 9.67. The monoisotopic (exact) mass is 292 g/mol. The summed E-state index contributed by atoms with van der Waals surface area (Å²) in [4.78, 5) is 15.7.